The Kier molecular flexibility index (Phi) is 6.38. The van der Waals surface area contributed by atoms with Crippen molar-refractivity contribution in [3.8, 4) is 11.8 Å². The molecule has 0 radical (unpaired) electrons. The van der Waals surface area contributed by atoms with Gasteiger partial charge in [-0.1, -0.05) is 47.5 Å². The molecule has 0 amide bonds. The lowest BCUT2D eigenvalue weighted by Crippen LogP contribution is -2.49. The van der Waals surface area contributed by atoms with Gasteiger partial charge in [0, 0.05) is 36.8 Å². The Bertz CT molecular complexity index is 1090. The molecule has 1 aliphatic heterocycles. The number of hydrogen-bond acceptors (Lipinski definition) is 4. The third-order valence-corrected chi connectivity index (χ3v) is 6.53. The number of halogens is 2. The molecule has 1 N–H and O–H groups in total. The van der Waals surface area contributed by atoms with Gasteiger partial charge < -0.3 is 10.0 Å². The molecule has 1 heterocycles. The van der Waals surface area contributed by atoms with Crippen LogP contribution in [0.15, 0.2) is 66.7 Å². The van der Waals surface area contributed by atoms with Crippen LogP contribution in [0.4, 0.5) is 5.69 Å². The second-order valence-electron chi connectivity index (χ2n) is 7.80. The molecule has 0 saturated carbocycles. The van der Waals surface area contributed by atoms with Crippen LogP contribution >= 0.6 is 23.2 Å². The van der Waals surface area contributed by atoms with Crippen LogP contribution in [-0.2, 0) is 0 Å². The third kappa shape index (κ3) is 4.65. The van der Waals surface area contributed by atoms with E-state index in [4.69, 9.17) is 28.5 Å². The number of anilines is 1. The lowest BCUT2D eigenvalue weighted by Gasteiger charge is -2.45. The van der Waals surface area contributed by atoms with Crippen LogP contribution < -0.4 is 4.90 Å². The van der Waals surface area contributed by atoms with Gasteiger partial charge in [-0.3, -0.25) is 4.90 Å². The molecule has 158 valence electrons. The maximum absolute atomic E-state index is 9.78. The van der Waals surface area contributed by atoms with E-state index in [1.807, 2.05) is 42.5 Å². The van der Waals surface area contributed by atoms with Gasteiger partial charge in [-0.15, -0.1) is 0 Å². The number of hydrogen-bond donors (Lipinski definition) is 1. The molecule has 2 atom stereocenters. The summed E-state index contributed by atoms with van der Waals surface area (Å²) in [4.78, 5) is 4.75. The highest BCUT2D eigenvalue weighted by molar-refractivity contribution is 6.33. The molecule has 3 aromatic carbocycles. The van der Waals surface area contributed by atoms with Crippen LogP contribution in [0.3, 0.4) is 0 Å². The van der Waals surface area contributed by atoms with Crippen LogP contribution in [0.1, 0.15) is 35.7 Å². The first kappa shape index (κ1) is 21.5. The lowest BCUT2D eigenvalue weighted by atomic mass is 9.98. The molecule has 0 aliphatic carbocycles. The van der Waals surface area contributed by atoms with Crippen molar-refractivity contribution in [2.75, 3.05) is 24.5 Å². The van der Waals surface area contributed by atoms with Gasteiger partial charge in [-0.05, 0) is 54.4 Å². The van der Waals surface area contributed by atoms with Crippen LogP contribution in [0.25, 0.3) is 0 Å². The van der Waals surface area contributed by atoms with Gasteiger partial charge in [0.25, 0.3) is 0 Å². The van der Waals surface area contributed by atoms with Crippen LogP contribution in [0.2, 0.25) is 10.0 Å². The Morgan fingerprint density at radius 2 is 1.71 bits per heavy atom. The Morgan fingerprint density at radius 1 is 1.00 bits per heavy atom. The fourth-order valence-corrected chi connectivity index (χ4v) is 4.60. The molecule has 1 fully saturated rings. The summed E-state index contributed by atoms with van der Waals surface area (Å²) in [6, 6.07) is 23.3. The van der Waals surface area contributed by atoms with E-state index < -0.39 is 0 Å². The molecule has 4 rings (SSSR count). The van der Waals surface area contributed by atoms with E-state index in [0.717, 1.165) is 30.9 Å². The first-order chi connectivity index (χ1) is 15.0. The lowest BCUT2D eigenvalue weighted by molar-refractivity contribution is 0.171. The number of benzene rings is 3. The van der Waals surface area contributed by atoms with Gasteiger partial charge in [-0.25, -0.2) is 0 Å². The van der Waals surface area contributed by atoms with Crippen LogP contribution in [-0.4, -0.2) is 29.6 Å². The maximum Gasteiger partial charge on any atom is 0.117 e. The van der Waals surface area contributed by atoms with Crippen molar-refractivity contribution in [1.82, 2.24) is 4.90 Å². The number of nitrogens with zero attached hydrogens (tertiary/aromatic N) is 3. The van der Waals surface area contributed by atoms with E-state index in [1.165, 1.54) is 5.56 Å². The molecule has 0 bridgehead atoms. The van der Waals surface area contributed by atoms with Crippen molar-refractivity contribution >= 4 is 28.9 Å². The standard InChI is InChI=1S/C25H23Cl2N3O/c1-17(19-4-2-18(15-28)3-5-19)29-12-13-30(24-11-10-22(31)14-23(24)27)25(16-29)20-6-8-21(26)9-7-20/h2-11,14,17,25,31H,12-13,16H2,1H3/t17-,25+/m1/s1. The van der Waals surface area contributed by atoms with E-state index in [9.17, 15) is 5.11 Å². The zero-order valence-corrected chi connectivity index (χ0v) is 18.7. The Balaban J connectivity index is 1.65. The molecular weight excluding hydrogens is 429 g/mol. The maximum atomic E-state index is 9.78. The molecule has 4 nitrogen and oxygen atoms in total. The van der Waals surface area contributed by atoms with Crippen molar-refractivity contribution < 1.29 is 5.11 Å². The first-order valence-corrected chi connectivity index (χ1v) is 11.0. The zero-order chi connectivity index (χ0) is 22.0. The summed E-state index contributed by atoms with van der Waals surface area (Å²) >= 11 is 12.6. The summed E-state index contributed by atoms with van der Waals surface area (Å²) in [5.41, 5.74) is 3.92. The molecule has 0 spiro atoms. The third-order valence-electron chi connectivity index (χ3n) is 5.98. The number of nitriles is 1. The monoisotopic (exact) mass is 451 g/mol. The largest absolute Gasteiger partial charge is 0.508 e. The second-order valence-corrected chi connectivity index (χ2v) is 8.64. The summed E-state index contributed by atoms with van der Waals surface area (Å²) < 4.78 is 0. The minimum atomic E-state index is 0.0777. The summed E-state index contributed by atoms with van der Waals surface area (Å²) in [5, 5.41) is 20.1. The molecule has 1 aliphatic rings. The van der Waals surface area contributed by atoms with Crippen LogP contribution in [0, 0.1) is 11.3 Å². The molecule has 6 heteroatoms. The molecule has 1 saturated heterocycles. The predicted octanol–water partition coefficient (Wildman–Crippen LogP) is 6.20. The van der Waals surface area contributed by atoms with Crippen LogP contribution in [0.5, 0.6) is 5.75 Å². The van der Waals surface area contributed by atoms with E-state index in [2.05, 4.69) is 34.9 Å². The van der Waals surface area contributed by atoms with Crippen molar-refractivity contribution in [1.29, 1.82) is 5.26 Å². The number of piperazine rings is 1. The fraction of sp³-hybridized carbons (Fsp3) is 0.240. The minimum absolute atomic E-state index is 0.0777. The van der Waals surface area contributed by atoms with E-state index in [-0.39, 0.29) is 17.8 Å². The molecule has 3 aromatic rings. The average molecular weight is 452 g/mol. The van der Waals surface area contributed by atoms with Crippen molar-refractivity contribution in [2.24, 2.45) is 0 Å². The highest BCUT2D eigenvalue weighted by Gasteiger charge is 2.32. The van der Waals surface area contributed by atoms with E-state index in [1.54, 1.807) is 12.1 Å². The summed E-state index contributed by atoms with van der Waals surface area (Å²) in [7, 11) is 0. The van der Waals surface area contributed by atoms with E-state index >= 15 is 0 Å². The number of phenolic OH excluding ortho intramolecular Hbond substituents is 1. The topological polar surface area (TPSA) is 50.5 Å². The molecule has 31 heavy (non-hydrogen) atoms. The van der Waals surface area contributed by atoms with E-state index in [0.29, 0.717) is 15.6 Å². The van der Waals surface area contributed by atoms with Gasteiger partial charge in [0.05, 0.1) is 28.4 Å². The summed E-state index contributed by atoms with van der Waals surface area (Å²) in [6.07, 6.45) is 0. The average Bonchev–Trinajstić information content (AvgIpc) is 2.79. The molecular formula is C25H23Cl2N3O. The smallest absolute Gasteiger partial charge is 0.117 e. The Hall–Kier alpha value is -2.71. The highest BCUT2D eigenvalue weighted by Crippen LogP contribution is 2.38. The van der Waals surface area contributed by atoms with Crippen molar-refractivity contribution in [3.05, 3.63) is 93.5 Å². The normalized spacial score (nSPS) is 17.9. The van der Waals surface area contributed by atoms with Crippen molar-refractivity contribution in [3.63, 3.8) is 0 Å². The Morgan fingerprint density at radius 3 is 2.35 bits per heavy atom. The quantitative estimate of drug-likeness (QED) is 0.513. The van der Waals surface area contributed by atoms with Gasteiger partial charge in [0.2, 0.25) is 0 Å². The predicted molar refractivity (Wildman–Crippen MR) is 126 cm³/mol. The SMILES string of the molecule is C[C@H](c1ccc(C#N)cc1)N1CCN(c2ccc(O)cc2Cl)[C@H](c2ccc(Cl)cc2)C1. The molecule has 0 unspecified atom stereocenters. The van der Waals surface area contributed by atoms with Gasteiger partial charge in [-0.2, -0.15) is 5.26 Å². The Labute approximate surface area is 192 Å². The second kappa shape index (κ2) is 9.20. The fourth-order valence-electron chi connectivity index (χ4n) is 4.19. The number of aromatic hydroxyl groups is 1. The minimum Gasteiger partial charge on any atom is -0.508 e. The van der Waals surface area contributed by atoms with Gasteiger partial charge >= 0.3 is 0 Å². The highest BCUT2D eigenvalue weighted by atomic mass is 35.5. The van der Waals surface area contributed by atoms with Gasteiger partial charge in [0.15, 0.2) is 0 Å². The van der Waals surface area contributed by atoms with Gasteiger partial charge in [0.1, 0.15) is 5.75 Å². The zero-order valence-electron chi connectivity index (χ0n) is 17.2. The summed E-state index contributed by atoms with van der Waals surface area (Å²) in [5.74, 6) is 0.157. The number of rotatable bonds is 4. The first-order valence-electron chi connectivity index (χ1n) is 10.2. The molecule has 0 aromatic heterocycles. The van der Waals surface area contributed by atoms with Crippen molar-refractivity contribution in [2.45, 2.75) is 19.0 Å². The summed E-state index contributed by atoms with van der Waals surface area (Å²) in [6.45, 7) is 4.66. The number of phenols is 1.